The molecule has 0 aliphatic heterocycles. The maximum Gasteiger partial charge on any atom is 0.219 e. The van der Waals surface area contributed by atoms with Gasteiger partial charge in [-0.05, 0) is 13.1 Å². The van der Waals surface area contributed by atoms with Gasteiger partial charge in [0.2, 0.25) is 5.91 Å². The van der Waals surface area contributed by atoms with Gasteiger partial charge >= 0.3 is 0 Å². The predicted molar refractivity (Wildman–Crippen MR) is 57.0 cm³/mol. The van der Waals surface area contributed by atoms with Crippen LogP contribution in [0, 0.1) is 5.82 Å². The van der Waals surface area contributed by atoms with Crippen LogP contribution in [0.4, 0.5) is 4.39 Å². The molecule has 1 aromatic carbocycles. The number of rotatable bonds is 4. The Morgan fingerprint density at radius 2 is 2.33 bits per heavy atom. The van der Waals surface area contributed by atoms with Crippen LogP contribution in [0.3, 0.4) is 0 Å². The number of hydrogen-bond acceptors (Lipinski definition) is 2. The smallest absolute Gasteiger partial charge is 0.219 e. The molecule has 1 atom stereocenters. The van der Waals surface area contributed by atoms with E-state index in [1.807, 2.05) is 0 Å². The van der Waals surface area contributed by atoms with E-state index < -0.39 is 17.8 Å². The maximum atomic E-state index is 13.6. The lowest BCUT2D eigenvalue weighted by Crippen LogP contribution is -2.24. The summed E-state index contributed by atoms with van der Waals surface area (Å²) < 4.78 is 13.6. The molecule has 0 radical (unpaired) electrons. The first-order valence-electron chi connectivity index (χ1n) is 4.45. The molecule has 82 valence electrons. The molecule has 0 aliphatic carbocycles. The minimum Gasteiger partial charge on any atom is -0.370 e. The quantitative estimate of drug-likeness (QED) is 0.826. The monoisotopic (exact) mass is 230 g/mol. The van der Waals surface area contributed by atoms with E-state index in [1.54, 1.807) is 19.2 Å². The maximum absolute atomic E-state index is 13.6. The summed E-state index contributed by atoms with van der Waals surface area (Å²) in [6.45, 7) is 0. The molecule has 0 aromatic heterocycles. The number of carbonyl (C=O) groups is 1. The lowest BCUT2D eigenvalue weighted by atomic mass is 10.0. The number of halogens is 2. The van der Waals surface area contributed by atoms with Gasteiger partial charge in [0.15, 0.2) is 0 Å². The predicted octanol–water partition coefficient (Wildman–Crippen LogP) is 1.61. The summed E-state index contributed by atoms with van der Waals surface area (Å²) in [6, 6.07) is 4.22. The lowest BCUT2D eigenvalue weighted by molar-refractivity contribution is -0.118. The lowest BCUT2D eigenvalue weighted by Gasteiger charge is -2.15. The SMILES string of the molecule is CNC(CC(N)=O)c1cccc(Cl)c1F. The third kappa shape index (κ3) is 2.91. The summed E-state index contributed by atoms with van der Waals surface area (Å²) in [5.74, 6) is -1.01. The molecule has 5 heteroatoms. The van der Waals surface area contributed by atoms with Crippen molar-refractivity contribution in [2.75, 3.05) is 7.05 Å². The van der Waals surface area contributed by atoms with Crippen LogP contribution in [-0.2, 0) is 4.79 Å². The zero-order chi connectivity index (χ0) is 11.4. The van der Waals surface area contributed by atoms with Gasteiger partial charge < -0.3 is 11.1 Å². The Bertz CT molecular complexity index is 370. The molecular weight excluding hydrogens is 219 g/mol. The molecule has 0 spiro atoms. The van der Waals surface area contributed by atoms with Crippen molar-refractivity contribution in [3.63, 3.8) is 0 Å². The fourth-order valence-electron chi connectivity index (χ4n) is 1.36. The summed E-state index contributed by atoms with van der Waals surface area (Å²) >= 11 is 5.63. The van der Waals surface area contributed by atoms with Crippen LogP contribution < -0.4 is 11.1 Å². The topological polar surface area (TPSA) is 55.1 Å². The van der Waals surface area contributed by atoms with Gasteiger partial charge in [-0.1, -0.05) is 23.7 Å². The van der Waals surface area contributed by atoms with Crippen LogP contribution in [0.5, 0.6) is 0 Å². The van der Waals surface area contributed by atoms with E-state index in [0.717, 1.165) is 0 Å². The van der Waals surface area contributed by atoms with Gasteiger partial charge in [0.25, 0.3) is 0 Å². The van der Waals surface area contributed by atoms with Crippen molar-refractivity contribution in [2.24, 2.45) is 5.73 Å². The molecule has 1 rings (SSSR count). The van der Waals surface area contributed by atoms with Gasteiger partial charge in [-0.3, -0.25) is 4.79 Å². The summed E-state index contributed by atoms with van der Waals surface area (Å²) in [5, 5.41) is 2.86. The fourth-order valence-corrected chi connectivity index (χ4v) is 1.54. The van der Waals surface area contributed by atoms with Crippen molar-refractivity contribution in [2.45, 2.75) is 12.5 Å². The first-order chi connectivity index (χ1) is 7.06. The van der Waals surface area contributed by atoms with Crippen molar-refractivity contribution < 1.29 is 9.18 Å². The second-order valence-corrected chi connectivity index (χ2v) is 3.56. The third-order valence-electron chi connectivity index (χ3n) is 2.11. The van der Waals surface area contributed by atoms with Crippen LogP contribution in [0.15, 0.2) is 18.2 Å². The molecule has 0 saturated heterocycles. The van der Waals surface area contributed by atoms with Gasteiger partial charge in [-0.25, -0.2) is 4.39 Å². The largest absolute Gasteiger partial charge is 0.370 e. The molecule has 1 amide bonds. The minimum atomic E-state index is -0.514. The Morgan fingerprint density at radius 3 is 2.87 bits per heavy atom. The second-order valence-electron chi connectivity index (χ2n) is 3.15. The van der Waals surface area contributed by atoms with E-state index in [0.29, 0.717) is 5.56 Å². The molecule has 0 saturated carbocycles. The van der Waals surface area contributed by atoms with Gasteiger partial charge in [0.1, 0.15) is 5.82 Å². The molecule has 3 N–H and O–H groups in total. The number of primary amides is 1. The van der Waals surface area contributed by atoms with Crippen molar-refractivity contribution in [1.82, 2.24) is 5.32 Å². The first-order valence-corrected chi connectivity index (χ1v) is 4.83. The highest BCUT2D eigenvalue weighted by Gasteiger charge is 2.17. The molecule has 3 nitrogen and oxygen atoms in total. The van der Waals surface area contributed by atoms with Gasteiger partial charge in [0.05, 0.1) is 5.02 Å². The Hall–Kier alpha value is -1.13. The zero-order valence-electron chi connectivity index (χ0n) is 8.26. The fraction of sp³-hybridized carbons (Fsp3) is 0.300. The standard InChI is InChI=1S/C10H12ClFN2O/c1-14-8(5-9(13)15)6-3-2-4-7(11)10(6)12/h2-4,8,14H,5H2,1H3,(H2,13,15). The van der Waals surface area contributed by atoms with E-state index in [-0.39, 0.29) is 11.4 Å². The second kappa shape index (κ2) is 5.09. The highest BCUT2D eigenvalue weighted by atomic mass is 35.5. The summed E-state index contributed by atoms with van der Waals surface area (Å²) in [6.07, 6.45) is 0.0355. The highest BCUT2D eigenvalue weighted by molar-refractivity contribution is 6.30. The highest BCUT2D eigenvalue weighted by Crippen LogP contribution is 2.24. The zero-order valence-corrected chi connectivity index (χ0v) is 9.01. The Kier molecular flexibility index (Phi) is 4.05. The average Bonchev–Trinajstić information content (AvgIpc) is 2.19. The minimum absolute atomic E-state index is 0.0355. The van der Waals surface area contributed by atoms with E-state index >= 15 is 0 Å². The molecule has 0 heterocycles. The Balaban J connectivity index is 3.01. The molecule has 1 aromatic rings. The molecule has 0 aliphatic rings. The summed E-state index contributed by atoms with van der Waals surface area (Å²) in [4.78, 5) is 10.8. The Labute approximate surface area is 92.4 Å². The number of carbonyl (C=O) groups excluding carboxylic acids is 1. The van der Waals surface area contributed by atoms with Crippen LogP contribution in [-0.4, -0.2) is 13.0 Å². The van der Waals surface area contributed by atoms with E-state index in [9.17, 15) is 9.18 Å². The Morgan fingerprint density at radius 1 is 1.67 bits per heavy atom. The van der Waals surface area contributed by atoms with E-state index in [1.165, 1.54) is 6.07 Å². The number of benzene rings is 1. The third-order valence-corrected chi connectivity index (χ3v) is 2.40. The van der Waals surface area contributed by atoms with Crippen molar-refractivity contribution >= 4 is 17.5 Å². The summed E-state index contributed by atoms with van der Waals surface area (Å²) in [7, 11) is 1.63. The average molecular weight is 231 g/mol. The summed E-state index contributed by atoms with van der Waals surface area (Å²) in [5.41, 5.74) is 5.41. The van der Waals surface area contributed by atoms with E-state index in [2.05, 4.69) is 5.32 Å². The number of amides is 1. The van der Waals surface area contributed by atoms with Gasteiger partial charge in [0, 0.05) is 18.0 Å². The molecule has 15 heavy (non-hydrogen) atoms. The first kappa shape index (κ1) is 11.9. The molecule has 0 bridgehead atoms. The van der Waals surface area contributed by atoms with Crippen molar-refractivity contribution in [3.05, 3.63) is 34.6 Å². The van der Waals surface area contributed by atoms with Crippen LogP contribution >= 0.6 is 11.6 Å². The van der Waals surface area contributed by atoms with Gasteiger partial charge in [-0.2, -0.15) is 0 Å². The van der Waals surface area contributed by atoms with Crippen molar-refractivity contribution in [3.8, 4) is 0 Å². The van der Waals surface area contributed by atoms with Gasteiger partial charge in [-0.15, -0.1) is 0 Å². The normalized spacial score (nSPS) is 12.5. The van der Waals surface area contributed by atoms with Crippen LogP contribution in [0.25, 0.3) is 0 Å². The molecule has 0 fully saturated rings. The molecular formula is C10H12ClFN2O. The number of hydrogen-bond donors (Lipinski definition) is 2. The van der Waals surface area contributed by atoms with Crippen molar-refractivity contribution in [1.29, 1.82) is 0 Å². The molecule has 1 unspecified atom stereocenters. The number of nitrogens with one attached hydrogen (secondary N) is 1. The van der Waals surface area contributed by atoms with E-state index in [4.69, 9.17) is 17.3 Å². The van der Waals surface area contributed by atoms with Crippen LogP contribution in [0.2, 0.25) is 5.02 Å². The number of nitrogens with two attached hydrogens (primary N) is 1. The van der Waals surface area contributed by atoms with Crippen LogP contribution in [0.1, 0.15) is 18.0 Å².